The molecule has 7 heteroatoms. The highest BCUT2D eigenvalue weighted by atomic mass is 35.5. The second kappa shape index (κ2) is 9.83. The summed E-state index contributed by atoms with van der Waals surface area (Å²) in [7, 11) is 0. The molecule has 0 aromatic heterocycles. The van der Waals surface area contributed by atoms with Gasteiger partial charge in [0.2, 0.25) is 5.91 Å². The van der Waals surface area contributed by atoms with Crippen molar-refractivity contribution in [3.05, 3.63) is 87.9 Å². The molecule has 0 atom stereocenters. The molecule has 0 saturated heterocycles. The number of thioether (sulfide) groups is 1. The Balaban J connectivity index is 1.52. The molecule has 0 unspecified atom stereocenters. The first-order valence-corrected chi connectivity index (χ1v) is 10.5. The molecule has 2 amide bonds. The molecule has 0 fully saturated rings. The van der Waals surface area contributed by atoms with Gasteiger partial charge in [0, 0.05) is 21.2 Å². The molecule has 4 nitrogen and oxygen atoms in total. The van der Waals surface area contributed by atoms with Crippen LogP contribution in [0.3, 0.4) is 0 Å². The Labute approximate surface area is 183 Å². The maximum absolute atomic E-state index is 12.3. The summed E-state index contributed by atoms with van der Waals surface area (Å²) in [6, 6.07) is 19.6. The summed E-state index contributed by atoms with van der Waals surface area (Å²) in [6.45, 7) is 1.97. The zero-order valence-electron chi connectivity index (χ0n) is 15.5. The Morgan fingerprint density at radius 1 is 0.897 bits per heavy atom. The van der Waals surface area contributed by atoms with Crippen LogP contribution in [-0.4, -0.2) is 17.6 Å². The summed E-state index contributed by atoms with van der Waals surface area (Å²) >= 11 is 13.4. The summed E-state index contributed by atoms with van der Waals surface area (Å²) in [4.78, 5) is 25.3. The van der Waals surface area contributed by atoms with E-state index in [0.717, 1.165) is 10.5 Å². The van der Waals surface area contributed by atoms with Crippen LogP contribution in [-0.2, 0) is 4.79 Å². The van der Waals surface area contributed by atoms with Gasteiger partial charge in [-0.1, -0.05) is 40.9 Å². The Kier molecular flexibility index (Phi) is 7.20. The zero-order valence-corrected chi connectivity index (χ0v) is 17.9. The summed E-state index contributed by atoms with van der Waals surface area (Å²) in [5, 5.41) is 6.54. The number of nitrogens with one attached hydrogen (secondary N) is 2. The van der Waals surface area contributed by atoms with Crippen LogP contribution >= 0.6 is 35.0 Å². The molecule has 0 saturated carbocycles. The van der Waals surface area contributed by atoms with Gasteiger partial charge in [-0.15, -0.1) is 11.8 Å². The van der Waals surface area contributed by atoms with Crippen molar-refractivity contribution in [2.75, 3.05) is 16.4 Å². The lowest BCUT2D eigenvalue weighted by atomic mass is 10.1. The van der Waals surface area contributed by atoms with Gasteiger partial charge in [-0.3, -0.25) is 9.59 Å². The van der Waals surface area contributed by atoms with Crippen LogP contribution in [0.25, 0.3) is 0 Å². The third-order valence-corrected chi connectivity index (χ3v) is 5.58. The van der Waals surface area contributed by atoms with Crippen molar-refractivity contribution in [2.45, 2.75) is 11.8 Å². The lowest BCUT2D eigenvalue weighted by molar-refractivity contribution is -0.113. The van der Waals surface area contributed by atoms with Gasteiger partial charge in [-0.05, 0) is 61.5 Å². The van der Waals surface area contributed by atoms with Crippen LogP contribution in [0.2, 0.25) is 10.0 Å². The van der Waals surface area contributed by atoms with E-state index in [0.29, 0.717) is 27.0 Å². The number of halogens is 2. The number of anilines is 2. The first kappa shape index (κ1) is 21.2. The van der Waals surface area contributed by atoms with Crippen molar-refractivity contribution in [3.8, 4) is 0 Å². The number of hydrogen-bond donors (Lipinski definition) is 2. The Morgan fingerprint density at radius 3 is 2.28 bits per heavy atom. The molecule has 29 heavy (non-hydrogen) atoms. The summed E-state index contributed by atoms with van der Waals surface area (Å²) < 4.78 is 0. The van der Waals surface area contributed by atoms with Gasteiger partial charge in [0.15, 0.2) is 0 Å². The number of carbonyl (C=O) groups excluding carboxylic acids is 2. The second-order valence-electron chi connectivity index (χ2n) is 6.31. The Bertz CT molecular complexity index is 1020. The molecule has 0 aliphatic heterocycles. The van der Waals surface area contributed by atoms with Crippen molar-refractivity contribution in [3.63, 3.8) is 0 Å². The van der Waals surface area contributed by atoms with Gasteiger partial charge in [0.05, 0.1) is 16.5 Å². The van der Waals surface area contributed by atoms with E-state index in [1.165, 1.54) is 11.8 Å². The minimum Gasteiger partial charge on any atom is -0.324 e. The predicted molar refractivity (Wildman–Crippen MR) is 121 cm³/mol. The van der Waals surface area contributed by atoms with E-state index < -0.39 is 0 Å². The molecule has 2 N–H and O–H groups in total. The molecule has 0 aliphatic carbocycles. The first-order chi connectivity index (χ1) is 13.9. The minimum atomic E-state index is -0.184. The molecule has 3 rings (SSSR count). The number of rotatable bonds is 6. The van der Waals surface area contributed by atoms with Gasteiger partial charge >= 0.3 is 0 Å². The van der Waals surface area contributed by atoms with Crippen LogP contribution in [0, 0.1) is 6.92 Å². The maximum atomic E-state index is 12.3. The van der Waals surface area contributed by atoms with E-state index in [-0.39, 0.29) is 17.6 Å². The number of benzene rings is 3. The lowest BCUT2D eigenvalue weighted by Gasteiger charge is -2.09. The molecule has 0 aliphatic rings. The fourth-order valence-corrected chi connectivity index (χ4v) is 3.51. The SMILES string of the molecule is Cc1ccc(C(=O)Nc2ccc(SCC(=O)Nc3cc(Cl)ccc3Cl)cc2)cc1. The number of aryl methyl sites for hydroxylation is 1. The number of carbonyl (C=O) groups is 2. The monoisotopic (exact) mass is 444 g/mol. The normalized spacial score (nSPS) is 10.4. The van der Waals surface area contributed by atoms with Crippen LogP contribution in [0.1, 0.15) is 15.9 Å². The number of amides is 2. The van der Waals surface area contributed by atoms with Crippen molar-refractivity contribution in [1.82, 2.24) is 0 Å². The quantitative estimate of drug-likeness (QED) is 0.439. The maximum Gasteiger partial charge on any atom is 0.255 e. The third-order valence-electron chi connectivity index (χ3n) is 4.00. The van der Waals surface area contributed by atoms with E-state index >= 15 is 0 Å². The van der Waals surface area contributed by atoms with E-state index in [2.05, 4.69) is 10.6 Å². The molecule has 0 spiro atoms. The molecule has 0 radical (unpaired) electrons. The second-order valence-corrected chi connectivity index (χ2v) is 8.20. The fourth-order valence-electron chi connectivity index (χ4n) is 2.47. The third kappa shape index (κ3) is 6.26. The van der Waals surface area contributed by atoms with E-state index in [9.17, 15) is 9.59 Å². The van der Waals surface area contributed by atoms with Gasteiger partial charge in [-0.2, -0.15) is 0 Å². The predicted octanol–water partition coefficient (Wildman–Crippen LogP) is 6.28. The van der Waals surface area contributed by atoms with E-state index in [4.69, 9.17) is 23.2 Å². The standard InChI is InChI=1S/C22H18Cl2N2O2S/c1-14-2-4-15(5-3-14)22(28)25-17-7-9-18(10-8-17)29-13-21(27)26-20-12-16(23)6-11-19(20)24/h2-12H,13H2,1H3,(H,25,28)(H,26,27). The van der Waals surface area contributed by atoms with Gasteiger partial charge in [-0.25, -0.2) is 0 Å². The topological polar surface area (TPSA) is 58.2 Å². The summed E-state index contributed by atoms with van der Waals surface area (Å²) in [6.07, 6.45) is 0. The summed E-state index contributed by atoms with van der Waals surface area (Å²) in [5.74, 6) is -0.128. The van der Waals surface area contributed by atoms with E-state index in [1.54, 1.807) is 42.5 Å². The van der Waals surface area contributed by atoms with E-state index in [1.807, 2.05) is 31.2 Å². The van der Waals surface area contributed by atoms with Crippen LogP contribution in [0.4, 0.5) is 11.4 Å². The van der Waals surface area contributed by atoms with Crippen molar-refractivity contribution in [1.29, 1.82) is 0 Å². The Morgan fingerprint density at radius 2 is 1.59 bits per heavy atom. The van der Waals surface area contributed by atoms with Crippen molar-refractivity contribution in [2.24, 2.45) is 0 Å². The summed E-state index contributed by atoms with van der Waals surface area (Å²) in [5.41, 5.74) is 2.88. The van der Waals surface area contributed by atoms with Crippen LogP contribution < -0.4 is 10.6 Å². The van der Waals surface area contributed by atoms with Crippen LogP contribution in [0.15, 0.2) is 71.6 Å². The average molecular weight is 445 g/mol. The molecule has 3 aromatic carbocycles. The molecule has 148 valence electrons. The Hall–Kier alpha value is -2.47. The minimum absolute atomic E-state index is 0.164. The molecular formula is C22H18Cl2N2O2S. The van der Waals surface area contributed by atoms with Crippen LogP contribution in [0.5, 0.6) is 0 Å². The molecular weight excluding hydrogens is 427 g/mol. The van der Waals surface area contributed by atoms with Gasteiger partial charge < -0.3 is 10.6 Å². The van der Waals surface area contributed by atoms with Crippen molar-refractivity contribution >= 4 is 58.2 Å². The molecule has 3 aromatic rings. The molecule has 0 bridgehead atoms. The van der Waals surface area contributed by atoms with Crippen molar-refractivity contribution < 1.29 is 9.59 Å². The first-order valence-electron chi connectivity index (χ1n) is 8.76. The highest BCUT2D eigenvalue weighted by Crippen LogP contribution is 2.26. The number of hydrogen-bond acceptors (Lipinski definition) is 3. The fraction of sp³-hybridized carbons (Fsp3) is 0.0909. The highest BCUT2D eigenvalue weighted by Gasteiger charge is 2.09. The highest BCUT2D eigenvalue weighted by molar-refractivity contribution is 8.00. The largest absolute Gasteiger partial charge is 0.324 e. The lowest BCUT2D eigenvalue weighted by Crippen LogP contribution is -2.14. The van der Waals surface area contributed by atoms with Gasteiger partial charge in [0.25, 0.3) is 5.91 Å². The smallest absolute Gasteiger partial charge is 0.255 e. The average Bonchev–Trinajstić information content (AvgIpc) is 2.70. The molecule has 0 heterocycles. The van der Waals surface area contributed by atoms with Gasteiger partial charge in [0.1, 0.15) is 0 Å². The zero-order chi connectivity index (χ0) is 20.8.